The number of amides is 1. The number of carbonyl (C=O) groups excluding carboxylic acids is 1. The van der Waals surface area contributed by atoms with Crippen molar-refractivity contribution in [3.8, 4) is 0 Å². The monoisotopic (exact) mass is 341 g/mol. The fourth-order valence-corrected chi connectivity index (χ4v) is 2.14. The van der Waals surface area contributed by atoms with Crippen LogP contribution < -0.4 is 5.32 Å². The van der Waals surface area contributed by atoms with Crippen LogP contribution in [-0.4, -0.2) is 32.6 Å². The Morgan fingerprint density at radius 3 is 2.67 bits per heavy atom. The number of alkyl halides is 3. The molecule has 0 aliphatic carbocycles. The Bertz CT molecular complexity index is 711. The van der Waals surface area contributed by atoms with Crippen LogP contribution in [0.1, 0.15) is 46.7 Å². The Morgan fingerprint density at radius 1 is 1.25 bits per heavy atom. The highest BCUT2D eigenvalue weighted by Gasteiger charge is 2.33. The zero-order valence-electron chi connectivity index (χ0n) is 13.4. The summed E-state index contributed by atoms with van der Waals surface area (Å²) >= 11 is 0. The lowest BCUT2D eigenvalue weighted by molar-refractivity contribution is -0.141. The fourth-order valence-electron chi connectivity index (χ4n) is 2.14. The third-order valence-corrected chi connectivity index (χ3v) is 3.21. The van der Waals surface area contributed by atoms with Gasteiger partial charge in [0.05, 0.1) is 0 Å². The van der Waals surface area contributed by atoms with Crippen molar-refractivity contribution in [2.45, 2.75) is 39.3 Å². The lowest BCUT2D eigenvalue weighted by Gasteiger charge is -2.09. The first-order chi connectivity index (χ1) is 11.3. The summed E-state index contributed by atoms with van der Waals surface area (Å²) in [6.45, 7) is 3.60. The number of nitrogens with one attached hydrogen (secondary N) is 2. The zero-order valence-corrected chi connectivity index (χ0v) is 13.4. The van der Waals surface area contributed by atoms with E-state index >= 15 is 0 Å². The molecule has 2 heterocycles. The van der Waals surface area contributed by atoms with Gasteiger partial charge in [-0.1, -0.05) is 13.3 Å². The molecule has 0 unspecified atom stereocenters. The number of nitrogens with zero attached hydrogens (tertiary/aromatic N) is 3. The Kier molecular flexibility index (Phi) is 5.53. The van der Waals surface area contributed by atoms with Crippen molar-refractivity contribution in [3.05, 3.63) is 40.7 Å². The first kappa shape index (κ1) is 17.9. The van der Waals surface area contributed by atoms with Gasteiger partial charge in [0.15, 0.2) is 0 Å². The van der Waals surface area contributed by atoms with Crippen LogP contribution in [0.2, 0.25) is 0 Å². The summed E-state index contributed by atoms with van der Waals surface area (Å²) in [4.78, 5) is 19.4. The summed E-state index contributed by atoms with van der Waals surface area (Å²) < 4.78 is 38.1. The molecule has 0 atom stereocenters. The third-order valence-electron chi connectivity index (χ3n) is 3.21. The topological polar surface area (TPSA) is 83.6 Å². The van der Waals surface area contributed by atoms with Gasteiger partial charge in [-0.05, 0) is 25.5 Å². The highest BCUT2D eigenvalue weighted by molar-refractivity contribution is 5.92. The second-order valence-corrected chi connectivity index (χ2v) is 5.34. The lowest BCUT2D eigenvalue weighted by atomic mass is 10.2. The van der Waals surface area contributed by atoms with Crippen molar-refractivity contribution in [3.63, 3.8) is 0 Å². The quantitative estimate of drug-likeness (QED) is 0.845. The summed E-state index contributed by atoms with van der Waals surface area (Å²) in [5, 5.41) is 9.27. The maximum atomic E-state index is 12.7. The number of carbonyl (C=O) groups is 1. The van der Waals surface area contributed by atoms with Crippen LogP contribution >= 0.6 is 0 Å². The summed E-state index contributed by atoms with van der Waals surface area (Å²) in [6, 6.07) is 2.55. The predicted molar refractivity (Wildman–Crippen MR) is 80.4 cm³/mol. The molecule has 0 aliphatic heterocycles. The van der Waals surface area contributed by atoms with Gasteiger partial charge in [0.2, 0.25) is 0 Å². The average molecular weight is 341 g/mol. The molecule has 2 aromatic heterocycles. The Morgan fingerprint density at radius 2 is 2.00 bits per heavy atom. The van der Waals surface area contributed by atoms with Gasteiger partial charge in [-0.15, -0.1) is 0 Å². The van der Waals surface area contributed by atoms with Crippen molar-refractivity contribution in [1.29, 1.82) is 0 Å². The van der Waals surface area contributed by atoms with E-state index in [0.29, 0.717) is 0 Å². The van der Waals surface area contributed by atoms with Gasteiger partial charge in [-0.25, -0.2) is 9.97 Å². The van der Waals surface area contributed by atoms with E-state index in [2.05, 4.69) is 25.5 Å². The Balaban J connectivity index is 1.93. The Hall–Kier alpha value is -2.45. The first-order valence-electron chi connectivity index (χ1n) is 7.54. The molecule has 2 N–H and O–H groups in total. The standard InChI is InChI=1S/C15H18F3N5O/c1-3-4-10-8-11(23-22-10)14(24)19-6-5-13-20-9(2)7-12(21-13)15(16,17)18/h7-8H,3-6H2,1-2H3,(H,19,24)(H,22,23). The summed E-state index contributed by atoms with van der Waals surface area (Å²) in [7, 11) is 0. The number of rotatable bonds is 6. The Labute approximate surface area is 136 Å². The van der Waals surface area contributed by atoms with E-state index in [1.165, 1.54) is 6.92 Å². The second kappa shape index (κ2) is 7.41. The van der Waals surface area contributed by atoms with E-state index in [4.69, 9.17) is 0 Å². The molecule has 0 fully saturated rings. The molecule has 0 saturated carbocycles. The largest absolute Gasteiger partial charge is 0.433 e. The summed E-state index contributed by atoms with van der Waals surface area (Å²) in [5.74, 6) is -0.353. The van der Waals surface area contributed by atoms with Crippen molar-refractivity contribution in [2.75, 3.05) is 6.54 Å². The van der Waals surface area contributed by atoms with E-state index in [1.807, 2.05) is 6.92 Å². The molecule has 2 rings (SSSR count). The van der Waals surface area contributed by atoms with Gasteiger partial charge in [0, 0.05) is 24.4 Å². The molecule has 0 aromatic carbocycles. The maximum absolute atomic E-state index is 12.7. The first-order valence-corrected chi connectivity index (χ1v) is 7.54. The van der Waals surface area contributed by atoms with Crippen LogP contribution in [0.3, 0.4) is 0 Å². The smallest absolute Gasteiger partial charge is 0.350 e. The fraction of sp³-hybridized carbons (Fsp3) is 0.467. The number of halogens is 3. The molecule has 1 amide bonds. The zero-order chi connectivity index (χ0) is 17.7. The van der Waals surface area contributed by atoms with Gasteiger partial charge < -0.3 is 5.32 Å². The normalized spacial score (nSPS) is 11.5. The highest BCUT2D eigenvalue weighted by Crippen LogP contribution is 2.27. The van der Waals surface area contributed by atoms with Crippen LogP contribution in [0.5, 0.6) is 0 Å². The number of hydrogen-bond acceptors (Lipinski definition) is 4. The van der Waals surface area contributed by atoms with E-state index < -0.39 is 17.8 Å². The maximum Gasteiger partial charge on any atom is 0.433 e. The second-order valence-electron chi connectivity index (χ2n) is 5.34. The highest BCUT2D eigenvalue weighted by atomic mass is 19.4. The number of aryl methyl sites for hydroxylation is 2. The van der Waals surface area contributed by atoms with Crippen molar-refractivity contribution in [2.24, 2.45) is 0 Å². The molecule has 9 heteroatoms. The van der Waals surface area contributed by atoms with Gasteiger partial charge in [-0.2, -0.15) is 18.3 Å². The molecule has 0 saturated heterocycles. The van der Waals surface area contributed by atoms with E-state index in [1.54, 1.807) is 6.07 Å². The molecule has 0 radical (unpaired) electrons. The minimum absolute atomic E-state index is 0.0383. The van der Waals surface area contributed by atoms with Crippen LogP contribution in [0, 0.1) is 6.92 Å². The van der Waals surface area contributed by atoms with E-state index in [0.717, 1.165) is 24.6 Å². The minimum Gasteiger partial charge on any atom is -0.350 e. The van der Waals surface area contributed by atoms with Crippen LogP contribution in [0.25, 0.3) is 0 Å². The number of aromatic amines is 1. The predicted octanol–water partition coefficient (Wildman–Crippen LogP) is 2.45. The SMILES string of the molecule is CCCc1cc(C(=O)NCCc2nc(C)cc(C(F)(F)F)n2)n[nH]1. The minimum atomic E-state index is -4.52. The molecule has 2 aromatic rings. The van der Waals surface area contributed by atoms with E-state index in [9.17, 15) is 18.0 Å². The number of aromatic nitrogens is 4. The average Bonchev–Trinajstić information content (AvgIpc) is 2.95. The third kappa shape index (κ3) is 4.77. The molecule has 24 heavy (non-hydrogen) atoms. The van der Waals surface area contributed by atoms with Crippen molar-refractivity contribution < 1.29 is 18.0 Å². The van der Waals surface area contributed by atoms with Gasteiger partial charge in [0.25, 0.3) is 5.91 Å². The summed E-state index contributed by atoms with van der Waals surface area (Å²) in [5.41, 5.74) is 0.363. The number of hydrogen-bond donors (Lipinski definition) is 2. The molecule has 0 spiro atoms. The lowest BCUT2D eigenvalue weighted by Crippen LogP contribution is -2.26. The van der Waals surface area contributed by atoms with Crippen molar-refractivity contribution >= 4 is 5.91 Å². The van der Waals surface area contributed by atoms with Gasteiger partial charge in [-0.3, -0.25) is 9.89 Å². The van der Waals surface area contributed by atoms with Crippen LogP contribution in [0.4, 0.5) is 13.2 Å². The molecule has 130 valence electrons. The van der Waals surface area contributed by atoms with Gasteiger partial charge in [0.1, 0.15) is 17.2 Å². The summed E-state index contributed by atoms with van der Waals surface area (Å²) in [6.07, 6.45) is -2.70. The van der Waals surface area contributed by atoms with Crippen molar-refractivity contribution in [1.82, 2.24) is 25.5 Å². The van der Waals surface area contributed by atoms with Gasteiger partial charge >= 0.3 is 6.18 Å². The van der Waals surface area contributed by atoms with E-state index in [-0.39, 0.29) is 30.2 Å². The molecule has 0 bridgehead atoms. The molecule has 6 nitrogen and oxygen atoms in total. The number of H-pyrrole nitrogens is 1. The molecular formula is C15H18F3N5O. The van der Waals surface area contributed by atoms with Crippen LogP contribution in [0.15, 0.2) is 12.1 Å². The van der Waals surface area contributed by atoms with Crippen LogP contribution in [-0.2, 0) is 19.0 Å². The molecule has 0 aliphatic rings. The molecular weight excluding hydrogens is 323 g/mol.